The molecule has 1 unspecified atom stereocenters. The molecular formula is C17H26N2O4. The molecule has 0 spiro atoms. The molecule has 1 heterocycles. The lowest BCUT2D eigenvalue weighted by Crippen LogP contribution is -2.33. The molecule has 1 aromatic carbocycles. The van der Waals surface area contributed by atoms with Gasteiger partial charge in [-0.05, 0) is 24.6 Å². The van der Waals surface area contributed by atoms with Crippen LogP contribution in [0.4, 0.5) is 0 Å². The maximum atomic E-state index is 11.1. The summed E-state index contributed by atoms with van der Waals surface area (Å²) in [5.74, 6) is 0.767. The summed E-state index contributed by atoms with van der Waals surface area (Å²) in [6.45, 7) is 6.17. The van der Waals surface area contributed by atoms with Crippen molar-refractivity contribution in [1.29, 1.82) is 0 Å². The molecule has 1 saturated heterocycles. The molecule has 2 rings (SSSR count). The molecule has 6 nitrogen and oxygen atoms in total. The molecule has 128 valence electrons. The van der Waals surface area contributed by atoms with E-state index in [1.807, 2.05) is 31.2 Å². The summed E-state index contributed by atoms with van der Waals surface area (Å²) >= 11 is 0. The monoisotopic (exact) mass is 322 g/mol. The van der Waals surface area contributed by atoms with Crippen molar-refractivity contribution in [3.8, 4) is 5.75 Å². The van der Waals surface area contributed by atoms with E-state index >= 15 is 0 Å². The van der Waals surface area contributed by atoms with Crippen molar-refractivity contribution in [1.82, 2.24) is 10.6 Å². The van der Waals surface area contributed by atoms with Gasteiger partial charge < -0.3 is 24.8 Å². The highest BCUT2D eigenvalue weighted by Crippen LogP contribution is 2.20. The van der Waals surface area contributed by atoms with Gasteiger partial charge in [0.25, 0.3) is 0 Å². The number of rotatable bonds is 8. The lowest BCUT2D eigenvalue weighted by Gasteiger charge is -2.21. The van der Waals surface area contributed by atoms with Crippen LogP contribution in [0.15, 0.2) is 24.3 Å². The molecule has 1 aliphatic heterocycles. The quantitative estimate of drug-likeness (QED) is 0.706. The number of nitrogens with one attached hydrogen (secondary N) is 2. The molecular weight excluding hydrogens is 296 g/mol. The minimum absolute atomic E-state index is 0.00882. The highest BCUT2D eigenvalue weighted by Gasteiger charge is 2.29. The zero-order valence-corrected chi connectivity index (χ0v) is 14.0. The van der Waals surface area contributed by atoms with Gasteiger partial charge in [0.15, 0.2) is 0 Å². The van der Waals surface area contributed by atoms with E-state index in [0.29, 0.717) is 13.2 Å². The second kappa shape index (κ2) is 8.86. The summed E-state index contributed by atoms with van der Waals surface area (Å²) in [6.07, 6.45) is 0.0219. The van der Waals surface area contributed by atoms with E-state index in [4.69, 9.17) is 14.2 Å². The Hall–Kier alpha value is -1.63. The molecule has 2 N–H and O–H groups in total. The van der Waals surface area contributed by atoms with Crippen molar-refractivity contribution in [3.63, 3.8) is 0 Å². The van der Waals surface area contributed by atoms with Gasteiger partial charge in [0, 0.05) is 27.1 Å². The fourth-order valence-corrected chi connectivity index (χ4v) is 2.60. The van der Waals surface area contributed by atoms with Gasteiger partial charge in [-0.15, -0.1) is 0 Å². The molecule has 1 amide bonds. The lowest BCUT2D eigenvalue weighted by molar-refractivity contribution is -0.119. The fourth-order valence-electron chi connectivity index (χ4n) is 2.60. The molecule has 1 fully saturated rings. The van der Waals surface area contributed by atoms with Crippen molar-refractivity contribution < 1.29 is 19.0 Å². The zero-order chi connectivity index (χ0) is 16.7. The molecule has 1 aliphatic rings. The Bertz CT molecular complexity index is 492. The smallest absolute Gasteiger partial charge is 0.217 e. The topological polar surface area (TPSA) is 68.8 Å². The molecule has 0 bridgehead atoms. The number of amides is 1. The molecule has 6 heteroatoms. The molecule has 0 aliphatic carbocycles. The molecule has 1 aromatic rings. The standard InChI is InChI=1S/C17H26N2O4/c1-12(19-13(2)20)14-4-6-15(7-5-14)23-17-11-18-10-16(17)22-9-8-21-3/h4-7,12,16-18H,8-11H2,1-3H3,(H,19,20)/t12-,16?,17-/m0/s1. The lowest BCUT2D eigenvalue weighted by atomic mass is 10.1. The first kappa shape index (κ1) is 17.7. The molecule has 23 heavy (non-hydrogen) atoms. The van der Waals surface area contributed by atoms with Crippen LogP contribution < -0.4 is 15.4 Å². The summed E-state index contributed by atoms with van der Waals surface area (Å²) in [4.78, 5) is 11.1. The Morgan fingerprint density at radius 1 is 1.26 bits per heavy atom. The first-order chi connectivity index (χ1) is 11.1. The third-order valence-corrected chi connectivity index (χ3v) is 3.81. The highest BCUT2D eigenvalue weighted by atomic mass is 16.6. The SMILES string of the molecule is COCCOC1CNC[C@@H]1Oc1ccc([C@H](C)NC(C)=O)cc1. The van der Waals surface area contributed by atoms with Gasteiger partial charge in [-0.1, -0.05) is 12.1 Å². The van der Waals surface area contributed by atoms with Gasteiger partial charge in [0.05, 0.1) is 19.3 Å². The molecule has 0 saturated carbocycles. The second-order valence-electron chi connectivity index (χ2n) is 5.71. The van der Waals surface area contributed by atoms with E-state index in [1.54, 1.807) is 7.11 Å². The first-order valence-electron chi connectivity index (χ1n) is 7.95. The van der Waals surface area contributed by atoms with E-state index in [0.717, 1.165) is 24.4 Å². The average molecular weight is 322 g/mol. The minimum atomic E-state index is -0.0362. The third kappa shape index (κ3) is 5.49. The van der Waals surface area contributed by atoms with Crippen molar-refractivity contribution >= 4 is 5.91 Å². The summed E-state index contributed by atoms with van der Waals surface area (Å²) < 4.78 is 16.8. The van der Waals surface area contributed by atoms with Gasteiger partial charge in [0.2, 0.25) is 5.91 Å². The zero-order valence-electron chi connectivity index (χ0n) is 14.0. The number of benzene rings is 1. The number of hydrogen-bond acceptors (Lipinski definition) is 5. The van der Waals surface area contributed by atoms with Crippen LogP contribution in [-0.4, -0.2) is 51.5 Å². The predicted molar refractivity (Wildman–Crippen MR) is 87.6 cm³/mol. The minimum Gasteiger partial charge on any atom is -0.486 e. The maximum absolute atomic E-state index is 11.1. The van der Waals surface area contributed by atoms with Crippen LogP contribution in [0.3, 0.4) is 0 Å². The Balaban J connectivity index is 1.88. The highest BCUT2D eigenvalue weighted by molar-refractivity contribution is 5.73. The molecule has 3 atom stereocenters. The summed E-state index contributed by atoms with van der Waals surface area (Å²) in [5.41, 5.74) is 1.05. The number of carbonyl (C=O) groups is 1. The van der Waals surface area contributed by atoms with Crippen LogP contribution in [0.2, 0.25) is 0 Å². The number of carbonyl (C=O) groups excluding carboxylic acids is 1. The summed E-state index contributed by atoms with van der Waals surface area (Å²) in [6, 6.07) is 7.79. The van der Waals surface area contributed by atoms with E-state index < -0.39 is 0 Å². The second-order valence-corrected chi connectivity index (χ2v) is 5.71. The molecule has 0 aromatic heterocycles. The van der Waals surface area contributed by atoms with Crippen molar-refractivity contribution in [2.75, 3.05) is 33.4 Å². The Morgan fingerprint density at radius 2 is 1.96 bits per heavy atom. The van der Waals surface area contributed by atoms with Gasteiger partial charge in [0.1, 0.15) is 18.0 Å². The van der Waals surface area contributed by atoms with Crippen molar-refractivity contribution in [3.05, 3.63) is 29.8 Å². The van der Waals surface area contributed by atoms with Gasteiger partial charge in [-0.3, -0.25) is 4.79 Å². The van der Waals surface area contributed by atoms with Gasteiger partial charge in [-0.25, -0.2) is 0 Å². The number of hydrogen-bond donors (Lipinski definition) is 2. The first-order valence-corrected chi connectivity index (χ1v) is 7.95. The van der Waals surface area contributed by atoms with Crippen LogP contribution in [0.25, 0.3) is 0 Å². The third-order valence-electron chi connectivity index (χ3n) is 3.81. The molecule has 0 radical (unpaired) electrons. The largest absolute Gasteiger partial charge is 0.486 e. The van der Waals surface area contributed by atoms with Gasteiger partial charge in [-0.2, -0.15) is 0 Å². The van der Waals surface area contributed by atoms with Crippen LogP contribution >= 0.6 is 0 Å². The van der Waals surface area contributed by atoms with Crippen LogP contribution in [0, 0.1) is 0 Å². The Labute approximate surface area is 137 Å². The van der Waals surface area contributed by atoms with E-state index in [9.17, 15) is 4.79 Å². The Morgan fingerprint density at radius 3 is 2.61 bits per heavy atom. The van der Waals surface area contributed by atoms with Crippen LogP contribution in [0.5, 0.6) is 5.75 Å². The average Bonchev–Trinajstić information content (AvgIpc) is 2.95. The van der Waals surface area contributed by atoms with E-state index in [-0.39, 0.29) is 24.2 Å². The number of methoxy groups -OCH3 is 1. The number of ether oxygens (including phenoxy) is 3. The van der Waals surface area contributed by atoms with Crippen molar-refractivity contribution in [2.24, 2.45) is 0 Å². The predicted octanol–water partition coefficient (Wildman–Crippen LogP) is 1.27. The maximum Gasteiger partial charge on any atom is 0.217 e. The van der Waals surface area contributed by atoms with Crippen LogP contribution in [-0.2, 0) is 14.3 Å². The Kier molecular flexibility index (Phi) is 6.83. The summed E-state index contributed by atoms with van der Waals surface area (Å²) in [7, 11) is 1.66. The normalized spacial score (nSPS) is 21.9. The fraction of sp³-hybridized carbons (Fsp3) is 0.588. The van der Waals surface area contributed by atoms with Gasteiger partial charge >= 0.3 is 0 Å². The van der Waals surface area contributed by atoms with E-state index in [1.165, 1.54) is 6.92 Å². The van der Waals surface area contributed by atoms with Crippen molar-refractivity contribution in [2.45, 2.75) is 32.1 Å². The van der Waals surface area contributed by atoms with Crippen LogP contribution in [0.1, 0.15) is 25.5 Å². The van der Waals surface area contributed by atoms with E-state index in [2.05, 4.69) is 10.6 Å². The summed E-state index contributed by atoms with van der Waals surface area (Å²) in [5, 5.41) is 6.15.